The van der Waals surface area contributed by atoms with Gasteiger partial charge in [-0.05, 0) is 25.0 Å². The van der Waals surface area contributed by atoms with E-state index in [0.717, 1.165) is 18.8 Å². The Balaban J connectivity index is 1.65. The van der Waals surface area contributed by atoms with Gasteiger partial charge in [0.1, 0.15) is 0 Å². The topological polar surface area (TPSA) is 42.1 Å². The zero-order valence-corrected chi connectivity index (χ0v) is 11.6. The summed E-state index contributed by atoms with van der Waals surface area (Å²) in [6, 6.07) is 4.82. The lowest BCUT2D eigenvalue weighted by atomic mass is 9.61. The van der Waals surface area contributed by atoms with Crippen molar-refractivity contribution in [3.63, 3.8) is 0 Å². The molecular formula is C15H23N3. The average Bonchev–Trinajstić information content (AvgIpc) is 2.20. The molecule has 2 fully saturated rings. The Morgan fingerprint density at radius 3 is 2.39 bits per heavy atom. The van der Waals surface area contributed by atoms with Crippen LogP contribution in [0.3, 0.4) is 0 Å². The van der Waals surface area contributed by atoms with Crippen molar-refractivity contribution >= 4 is 5.69 Å². The van der Waals surface area contributed by atoms with Crippen LogP contribution in [0.1, 0.15) is 39.3 Å². The zero-order valence-electron chi connectivity index (χ0n) is 11.6. The second-order valence-corrected chi connectivity index (χ2v) is 7.18. The molecule has 0 aromatic carbocycles. The van der Waals surface area contributed by atoms with E-state index < -0.39 is 0 Å². The largest absolute Gasteiger partial charge is 0.369 e. The SMILES string of the molecule is CC(C)(C)c1ccc(N2CC3(CC(N)C3)C2)cn1. The van der Waals surface area contributed by atoms with E-state index in [1.807, 2.05) is 6.20 Å². The predicted octanol–water partition coefficient (Wildman–Crippen LogP) is 2.31. The van der Waals surface area contributed by atoms with Crippen LogP contribution in [0.5, 0.6) is 0 Å². The lowest BCUT2D eigenvalue weighted by Gasteiger charge is -2.59. The van der Waals surface area contributed by atoms with Gasteiger partial charge in [0.25, 0.3) is 0 Å². The van der Waals surface area contributed by atoms with Gasteiger partial charge in [-0.1, -0.05) is 20.8 Å². The third-order valence-electron chi connectivity index (χ3n) is 4.32. The van der Waals surface area contributed by atoms with Crippen LogP contribution < -0.4 is 10.6 Å². The molecule has 3 rings (SSSR count). The first-order valence-corrected chi connectivity index (χ1v) is 6.85. The summed E-state index contributed by atoms with van der Waals surface area (Å²) in [6.07, 6.45) is 4.43. The van der Waals surface area contributed by atoms with E-state index in [1.165, 1.54) is 18.5 Å². The van der Waals surface area contributed by atoms with Gasteiger partial charge in [0.2, 0.25) is 0 Å². The van der Waals surface area contributed by atoms with Crippen molar-refractivity contribution in [2.75, 3.05) is 18.0 Å². The molecule has 1 saturated carbocycles. The van der Waals surface area contributed by atoms with Crippen LogP contribution in [0, 0.1) is 5.41 Å². The van der Waals surface area contributed by atoms with Gasteiger partial charge in [-0.15, -0.1) is 0 Å². The minimum atomic E-state index is 0.134. The Bertz CT molecular complexity index is 430. The van der Waals surface area contributed by atoms with Gasteiger partial charge in [-0.2, -0.15) is 0 Å². The molecule has 0 amide bonds. The molecule has 2 N–H and O–H groups in total. The highest BCUT2D eigenvalue weighted by atomic mass is 15.2. The Morgan fingerprint density at radius 1 is 1.28 bits per heavy atom. The van der Waals surface area contributed by atoms with E-state index in [2.05, 4.69) is 42.8 Å². The maximum atomic E-state index is 5.88. The van der Waals surface area contributed by atoms with Crippen LogP contribution in [0.25, 0.3) is 0 Å². The fourth-order valence-electron chi connectivity index (χ4n) is 3.27. The second kappa shape index (κ2) is 3.70. The molecule has 0 atom stereocenters. The fraction of sp³-hybridized carbons (Fsp3) is 0.667. The van der Waals surface area contributed by atoms with Crippen LogP contribution in [0.15, 0.2) is 18.3 Å². The third kappa shape index (κ3) is 1.91. The Hall–Kier alpha value is -1.09. The second-order valence-electron chi connectivity index (χ2n) is 7.18. The van der Waals surface area contributed by atoms with Crippen molar-refractivity contribution in [1.29, 1.82) is 0 Å². The summed E-state index contributed by atoms with van der Waals surface area (Å²) in [5, 5.41) is 0. The number of rotatable bonds is 1. The molecule has 1 saturated heterocycles. The summed E-state index contributed by atoms with van der Waals surface area (Å²) in [7, 11) is 0. The van der Waals surface area contributed by atoms with Crippen LogP contribution in [0.2, 0.25) is 0 Å². The molecule has 3 heteroatoms. The summed E-state index contributed by atoms with van der Waals surface area (Å²) in [5.74, 6) is 0. The lowest BCUT2D eigenvalue weighted by Crippen LogP contribution is -2.65. The number of aromatic nitrogens is 1. The molecule has 0 bridgehead atoms. The molecule has 1 aromatic heterocycles. The first kappa shape index (κ1) is 12.0. The molecular weight excluding hydrogens is 222 g/mol. The van der Waals surface area contributed by atoms with Crippen molar-refractivity contribution < 1.29 is 0 Å². The molecule has 18 heavy (non-hydrogen) atoms. The Kier molecular flexibility index (Phi) is 2.46. The van der Waals surface area contributed by atoms with Crippen LogP contribution in [-0.2, 0) is 5.41 Å². The first-order valence-electron chi connectivity index (χ1n) is 6.85. The number of anilines is 1. The van der Waals surface area contributed by atoms with Crippen LogP contribution in [0.4, 0.5) is 5.69 Å². The van der Waals surface area contributed by atoms with Gasteiger partial charge in [-0.3, -0.25) is 4.98 Å². The average molecular weight is 245 g/mol. The number of pyridine rings is 1. The van der Waals surface area contributed by atoms with E-state index in [-0.39, 0.29) is 5.41 Å². The van der Waals surface area contributed by atoms with E-state index in [1.54, 1.807) is 0 Å². The van der Waals surface area contributed by atoms with Gasteiger partial charge < -0.3 is 10.6 Å². The fourth-order valence-corrected chi connectivity index (χ4v) is 3.27. The molecule has 1 aliphatic carbocycles. The zero-order chi connectivity index (χ0) is 13.0. The number of hydrogen-bond donors (Lipinski definition) is 1. The predicted molar refractivity (Wildman–Crippen MR) is 74.8 cm³/mol. The molecule has 1 spiro atoms. The Labute approximate surface area is 109 Å². The monoisotopic (exact) mass is 245 g/mol. The summed E-state index contributed by atoms with van der Waals surface area (Å²) in [5.41, 5.74) is 8.98. The standard InChI is InChI=1S/C15H23N3/c1-14(2,3)13-5-4-12(8-17-13)18-9-15(10-18)6-11(16)7-15/h4-5,8,11H,6-7,9-10,16H2,1-3H3. The molecule has 0 unspecified atom stereocenters. The van der Waals surface area contributed by atoms with E-state index >= 15 is 0 Å². The normalized spacial score (nSPS) is 22.8. The summed E-state index contributed by atoms with van der Waals surface area (Å²) >= 11 is 0. The number of nitrogens with zero attached hydrogens (tertiary/aromatic N) is 2. The Morgan fingerprint density at radius 2 is 1.94 bits per heavy atom. The number of hydrogen-bond acceptors (Lipinski definition) is 3. The van der Waals surface area contributed by atoms with Gasteiger partial charge >= 0.3 is 0 Å². The highest BCUT2D eigenvalue weighted by Gasteiger charge is 2.51. The molecule has 1 aliphatic heterocycles. The molecule has 98 valence electrons. The smallest absolute Gasteiger partial charge is 0.0553 e. The van der Waals surface area contributed by atoms with Crippen molar-refractivity contribution in [1.82, 2.24) is 4.98 Å². The van der Waals surface area contributed by atoms with Gasteiger partial charge in [-0.25, -0.2) is 0 Å². The van der Waals surface area contributed by atoms with Crippen molar-refractivity contribution in [3.05, 3.63) is 24.0 Å². The van der Waals surface area contributed by atoms with Crippen molar-refractivity contribution in [3.8, 4) is 0 Å². The molecule has 0 radical (unpaired) electrons. The highest BCUT2D eigenvalue weighted by molar-refractivity contribution is 5.49. The quantitative estimate of drug-likeness (QED) is 0.825. The van der Waals surface area contributed by atoms with E-state index in [9.17, 15) is 0 Å². The minimum Gasteiger partial charge on any atom is -0.369 e. The van der Waals surface area contributed by atoms with Gasteiger partial charge in [0.05, 0.1) is 11.9 Å². The van der Waals surface area contributed by atoms with Crippen LogP contribution in [-0.4, -0.2) is 24.1 Å². The molecule has 1 aromatic rings. The maximum Gasteiger partial charge on any atom is 0.0553 e. The number of nitrogens with two attached hydrogens (primary N) is 1. The first-order chi connectivity index (χ1) is 8.38. The van der Waals surface area contributed by atoms with E-state index in [4.69, 9.17) is 5.73 Å². The van der Waals surface area contributed by atoms with Crippen molar-refractivity contribution in [2.45, 2.75) is 45.1 Å². The summed E-state index contributed by atoms with van der Waals surface area (Å²) < 4.78 is 0. The molecule has 2 aliphatic rings. The maximum absolute atomic E-state index is 5.88. The lowest BCUT2D eigenvalue weighted by molar-refractivity contribution is 0.0664. The van der Waals surface area contributed by atoms with Gasteiger partial charge in [0, 0.05) is 35.7 Å². The molecule has 3 nitrogen and oxygen atoms in total. The summed E-state index contributed by atoms with van der Waals surface area (Å²) in [4.78, 5) is 7.02. The van der Waals surface area contributed by atoms with Crippen LogP contribution >= 0.6 is 0 Å². The minimum absolute atomic E-state index is 0.134. The van der Waals surface area contributed by atoms with Crippen molar-refractivity contribution in [2.24, 2.45) is 11.1 Å². The van der Waals surface area contributed by atoms with E-state index in [0.29, 0.717) is 11.5 Å². The van der Waals surface area contributed by atoms with Gasteiger partial charge in [0.15, 0.2) is 0 Å². The highest BCUT2D eigenvalue weighted by Crippen LogP contribution is 2.48. The molecule has 2 heterocycles. The summed E-state index contributed by atoms with van der Waals surface area (Å²) in [6.45, 7) is 8.92. The third-order valence-corrected chi connectivity index (χ3v) is 4.32.